The Bertz CT molecular complexity index is 391. The molecule has 1 aliphatic carbocycles. The molecule has 1 aromatic heterocycles. The fraction of sp³-hybridized carbons (Fsp3) is 0.600. The van der Waals surface area contributed by atoms with E-state index in [0.29, 0.717) is 5.75 Å². The molecule has 98 valence electrons. The van der Waals surface area contributed by atoms with E-state index in [9.17, 15) is 4.79 Å². The predicted octanol–water partition coefficient (Wildman–Crippen LogP) is 3.51. The van der Waals surface area contributed by atoms with Gasteiger partial charge in [-0.1, -0.05) is 13.3 Å². The molecule has 0 aliphatic heterocycles. The third-order valence-electron chi connectivity index (χ3n) is 3.86. The molecular weight excluding hydrogens is 226 g/mol. The topological polar surface area (TPSA) is 39.2 Å². The number of esters is 1. The van der Waals surface area contributed by atoms with Crippen LogP contribution < -0.4 is 4.74 Å². The molecular formula is C15H21NO2. The summed E-state index contributed by atoms with van der Waals surface area (Å²) in [6.07, 6.45) is 7.09. The van der Waals surface area contributed by atoms with E-state index < -0.39 is 0 Å². The Morgan fingerprint density at radius 2 is 2.06 bits per heavy atom. The minimum absolute atomic E-state index is 0.0779. The van der Waals surface area contributed by atoms with E-state index >= 15 is 0 Å². The Kier molecular flexibility index (Phi) is 4.34. The average Bonchev–Trinajstić information content (AvgIpc) is 2.41. The van der Waals surface area contributed by atoms with Gasteiger partial charge in [0.1, 0.15) is 5.75 Å². The second kappa shape index (κ2) is 5.98. The molecule has 0 unspecified atom stereocenters. The number of pyridine rings is 1. The molecule has 0 atom stereocenters. The molecule has 0 bridgehead atoms. The lowest BCUT2D eigenvalue weighted by Gasteiger charge is -2.26. The summed E-state index contributed by atoms with van der Waals surface area (Å²) in [5.41, 5.74) is 0.929. The third-order valence-corrected chi connectivity index (χ3v) is 3.86. The number of hydrogen-bond acceptors (Lipinski definition) is 3. The van der Waals surface area contributed by atoms with E-state index in [2.05, 4.69) is 11.9 Å². The lowest BCUT2D eigenvalue weighted by molar-refractivity contribution is -0.140. The van der Waals surface area contributed by atoms with Crippen molar-refractivity contribution in [2.75, 3.05) is 0 Å². The maximum absolute atomic E-state index is 12.0. The first-order valence-electron chi connectivity index (χ1n) is 6.83. The van der Waals surface area contributed by atoms with Gasteiger partial charge in [0.05, 0.1) is 12.1 Å². The molecule has 3 heteroatoms. The van der Waals surface area contributed by atoms with Gasteiger partial charge in [-0.05, 0) is 50.7 Å². The molecule has 0 spiro atoms. The van der Waals surface area contributed by atoms with E-state index in [1.165, 1.54) is 6.42 Å². The summed E-state index contributed by atoms with van der Waals surface area (Å²) in [5, 5.41) is 0. The van der Waals surface area contributed by atoms with E-state index in [0.717, 1.165) is 37.3 Å². The summed E-state index contributed by atoms with van der Waals surface area (Å²) in [6.45, 7) is 4.14. The van der Waals surface area contributed by atoms with E-state index in [-0.39, 0.29) is 11.9 Å². The van der Waals surface area contributed by atoms with Crippen LogP contribution >= 0.6 is 0 Å². The van der Waals surface area contributed by atoms with Gasteiger partial charge in [-0.2, -0.15) is 0 Å². The molecule has 0 amide bonds. The summed E-state index contributed by atoms with van der Waals surface area (Å²) in [7, 11) is 0. The zero-order valence-corrected chi connectivity index (χ0v) is 11.2. The predicted molar refractivity (Wildman–Crippen MR) is 70.3 cm³/mol. The Morgan fingerprint density at radius 1 is 1.33 bits per heavy atom. The smallest absolute Gasteiger partial charge is 0.314 e. The number of carbonyl (C=O) groups excluding carboxylic acids is 1. The number of aromatic nitrogens is 1. The van der Waals surface area contributed by atoms with Crippen molar-refractivity contribution >= 4 is 5.97 Å². The molecule has 1 fully saturated rings. The van der Waals surface area contributed by atoms with E-state index in [4.69, 9.17) is 4.74 Å². The quantitative estimate of drug-likeness (QED) is 0.767. The van der Waals surface area contributed by atoms with Crippen LogP contribution in [0.1, 0.15) is 44.7 Å². The van der Waals surface area contributed by atoms with Gasteiger partial charge >= 0.3 is 5.97 Å². The summed E-state index contributed by atoms with van der Waals surface area (Å²) in [4.78, 5) is 16.1. The fourth-order valence-electron chi connectivity index (χ4n) is 2.52. The first kappa shape index (κ1) is 13.1. The molecule has 1 heterocycles. The standard InChI is InChI=1S/C15H21NO2/c1-3-12-5-7-13(8-6-12)15(17)18-14-9-4-11(2)16-10-14/h4,9-10,12-13H,3,5-8H2,1-2H3. The van der Waals surface area contributed by atoms with E-state index in [1.807, 2.05) is 13.0 Å². The second-order valence-electron chi connectivity index (χ2n) is 5.18. The maximum atomic E-state index is 12.0. The molecule has 18 heavy (non-hydrogen) atoms. The van der Waals surface area contributed by atoms with Gasteiger partial charge in [-0.3, -0.25) is 9.78 Å². The van der Waals surface area contributed by atoms with Crippen molar-refractivity contribution in [3.05, 3.63) is 24.0 Å². The summed E-state index contributed by atoms with van der Waals surface area (Å²) < 4.78 is 5.38. The van der Waals surface area contributed by atoms with Crippen molar-refractivity contribution in [3.8, 4) is 5.75 Å². The van der Waals surface area contributed by atoms with Gasteiger partial charge in [-0.15, -0.1) is 0 Å². The Labute approximate surface area is 109 Å². The van der Waals surface area contributed by atoms with Gasteiger partial charge in [0, 0.05) is 5.69 Å². The highest BCUT2D eigenvalue weighted by molar-refractivity contribution is 5.75. The van der Waals surface area contributed by atoms with Crippen LogP contribution in [0.2, 0.25) is 0 Å². The van der Waals surface area contributed by atoms with Crippen LogP contribution in [0, 0.1) is 18.8 Å². The van der Waals surface area contributed by atoms with Crippen molar-refractivity contribution in [2.24, 2.45) is 11.8 Å². The van der Waals surface area contributed by atoms with Crippen molar-refractivity contribution in [1.29, 1.82) is 0 Å². The number of hydrogen-bond donors (Lipinski definition) is 0. The van der Waals surface area contributed by atoms with Gasteiger partial charge in [0.25, 0.3) is 0 Å². The number of ether oxygens (including phenoxy) is 1. The van der Waals surface area contributed by atoms with Crippen LogP contribution in [0.15, 0.2) is 18.3 Å². The SMILES string of the molecule is CCC1CCC(C(=O)Oc2ccc(C)nc2)CC1. The Balaban J connectivity index is 1.87. The van der Waals surface area contributed by atoms with Crippen molar-refractivity contribution < 1.29 is 9.53 Å². The Hall–Kier alpha value is -1.38. The molecule has 1 saturated carbocycles. The van der Waals surface area contributed by atoms with Crippen LogP contribution in [0.4, 0.5) is 0 Å². The second-order valence-corrected chi connectivity index (χ2v) is 5.18. The number of carbonyl (C=O) groups is 1. The van der Waals surface area contributed by atoms with Gasteiger partial charge in [0.2, 0.25) is 0 Å². The highest BCUT2D eigenvalue weighted by atomic mass is 16.5. The minimum atomic E-state index is -0.0878. The van der Waals surface area contributed by atoms with Crippen molar-refractivity contribution in [3.63, 3.8) is 0 Å². The maximum Gasteiger partial charge on any atom is 0.314 e. The summed E-state index contributed by atoms with van der Waals surface area (Å²) >= 11 is 0. The van der Waals surface area contributed by atoms with Crippen LogP contribution in [0.25, 0.3) is 0 Å². The summed E-state index contributed by atoms with van der Waals surface area (Å²) in [5.74, 6) is 1.35. The van der Waals surface area contributed by atoms with Crippen molar-refractivity contribution in [1.82, 2.24) is 4.98 Å². The lowest BCUT2D eigenvalue weighted by atomic mass is 9.81. The monoisotopic (exact) mass is 247 g/mol. The molecule has 0 radical (unpaired) electrons. The summed E-state index contributed by atoms with van der Waals surface area (Å²) in [6, 6.07) is 3.66. The minimum Gasteiger partial charge on any atom is -0.425 e. The first-order chi connectivity index (χ1) is 8.69. The average molecular weight is 247 g/mol. The van der Waals surface area contributed by atoms with Crippen molar-refractivity contribution in [2.45, 2.75) is 46.0 Å². The fourth-order valence-corrected chi connectivity index (χ4v) is 2.52. The highest BCUT2D eigenvalue weighted by Crippen LogP contribution is 2.31. The molecule has 0 saturated heterocycles. The lowest BCUT2D eigenvalue weighted by Crippen LogP contribution is -2.25. The third kappa shape index (κ3) is 3.31. The molecule has 1 aromatic rings. The van der Waals surface area contributed by atoms with Crippen LogP contribution in [0.5, 0.6) is 5.75 Å². The van der Waals surface area contributed by atoms with Gasteiger partial charge in [0.15, 0.2) is 0 Å². The largest absolute Gasteiger partial charge is 0.425 e. The normalized spacial score (nSPS) is 23.7. The zero-order valence-electron chi connectivity index (χ0n) is 11.2. The van der Waals surface area contributed by atoms with Crippen LogP contribution in [-0.4, -0.2) is 11.0 Å². The van der Waals surface area contributed by atoms with Gasteiger partial charge in [-0.25, -0.2) is 0 Å². The molecule has 0 aromatic carbocycles. The number of aryl methyl sites for hydroxylation is 1. The first-order valence-corrected chi connectivity index (χ1v) is 6.83. The number of nitrogens with zero attached hydrogens (tertiary/aromatic N) is 1. The molecule has 3 nitrogen and oxygen atoms in total. The van der Waals surface area contributed by atoms with Crippen LogP contribution in [0.3, 0.4) is 0 Å². The zero-order chi connectivity index (χ0) is 13.0. The number of rotatable bonds is 3. The molecule has 1 aliphatic rings. The van der Waals surface area contributed by atoms with E-state index in [1.54, 1.807) is 12.3 Å². The molecule has 2 rings (SSSR count). The molecule has 0 N–H and O–H groups in total. The Morgan fingerprint density at radius 3 is 2.61 bits per heavy atom. The highest BCUT2D eigenvalue weighted by Gasteiger charge is 2.26. The van der Waals surface area contributed by atoms with Gasteiger partial charge < -0.3 is 4.74 Å². The van der Waals surface area contributed by atoms with Crippen LogP contribution in [-0.2, 0) is 4.79 Å².